The van der Waals surface area contributed by atoms with Gasteiger partial charge in [0, 0.05) is 43.8 Å². The highest BCUT2D eigenvalue weighted by molar-refractivity contribution is 6.06. The van der Waals surface area contributed by atoms with Gasteiger partial charge in [0.1, 0.15) is 11.6 Å². The van der Waals surface area contributed by atoms with Crippen LogP contribution < -0.4 is 14.2 Å². The van der Waals surface area contributed by atoms with E-state index in [0.29, 0.717) is 34.6 Å². The molecule has 222 valence electrons. The maximum absolute atomic E-state index is 15.5. The molecular weight excluding hydrogens is 533 g/mol. The molecule has 0 spiro atoms. The van der Waals surface area contributed by atoms with E-state index in [-0.39, 0.29) is 60.8 Å². The van der Waals surface area contributed by atoms with Crippen molar-refractivity contribution in [3.8, 4) is 17.2 Å². The summed E-state index contributed by atoms with van der Waals surface area (Å²) in [7, 11) is 1.60. The largest absolute Gasteiger partial charge is 0.490 e. The summed E-state index contributed by atoms with van der Waals surface area (Å²) >= 11 is 0. The minimum atomic E-state index is -1.16. The number of benzene rings is 2. The van der Waals surface area contributed by atoms with E-state index >= 15 is 4.39 Å². The van der Waals surface area contributed by atoms with Crippen LogP contribution in [0.25, 0.3) is 0 Å². The van der Waals surface area contributed by atoms with Crippen molar-refractivity contribution in [1.82, 2.24) is 9.80 Å². The number of halogens is 1. The Labute approximate surface area is 239 Å². The van der Waals surface area contributed by atoms with Crippen LogP contribution in [-0.4, -0.2) is 71.8 Å². The Kier molecular flexibility index (Phi) is 9.62. The van der Waals surface area contributed by atoms with Gasteiger partial charge in [-0.1, -0.05) is 20.8 Å². The fourth-order valence-electron chi connectivity index (χ4n) is 4.62. The second-order valence-corrected chi connectivity index (χ2v) is 10.9. The third kappa shape index (κ3) is 6.96. The Balaban J connectivity index is 2.01. The van der Waals surface area contributed by atoms with E-state index in [4.69, 9.17) is 19.6 Å². The van der Waals surface area contributed by atoms with Crippen LogP contribution >= 0.6 is 0 Å². The minimum absolute atomic E-state index is 0.0583. The number of hydrogen-bond donors (Lipinski definition) is 2. The zero-order chi connectivity index (χ0) is 30.6. The Bertz CT molecular complexity index is 1370. The molecule has 1 heterocycles. The number of ketones is 1. The molecule has 41 heavy (non-hydrogen) atoms. The summed E-state index contributed by atoms with van der Waals surface area (Å²) in [5.74, 6) is -2.04. The zero-order valence-electron chi connectivity index (χ0n) is 24.6. The smallest absolute Gasteiger partial charge is 0.341 e. The van der Waals surface area contributed by atoms with Gasteiger partial charge in [0.25, 0.3) is 0 Å². The molecule has 11 heteroatoms. The van der Waals surface area contributed by atoms with Crippen molar-refractivity contribution in [2.75, 3.05) is 33.4 Å². The lowest BCUT2D eigenvalue weighted by Gasteiger charge is -2.27. The molecule has 1 aliphatic rings. The number of hydrogen-bond acceptors (Lipinski definition) is 7. The minimum Gasteiger partial charge on any atom is -0.490 e. The van der Waals surface area contributed by atoms with Gasteiger partial charge in [-0.2, -0.15) is 0 Å². The number of carbonyl (C=O) groups excluding carboxylic acids is 2. The molecule has 0 fully saturated rings. The predicted octanol–water partition coefficient (Wildman–Crippen LogP) is 4.39. The van der Waals surface area contributed by atoms with E-state index in [1.54, 1.807) is 39.1 Å². The van der Waals surface area contributed by atoms with Crippen LogP contribution in [0.1, 0.15) is 74.2 Å². The average Bonchev–Trinajstić information content (AvgIpc) is 3.19. The number of amidine groups is 1. The normalized spacial score (nSPS) is 12.7. The number of rotatable bonds is 12. The molecule has 2 N–H and O–H groups in total. The Hall–Kier alpha value is -4.15. The molecule has 10 nitrogen and oxygen atoms in total. The fourth-order valence-corrected chi connectivity index (χ4v) is 4.62. The van der Waals surface area contributed by atoms with Crippen LogP contribution in [-0.2, 0) is 28.1 Å². The molecular formula is C30H38FN3O7. The molecule has 0 aromatic heterocycles. The summed E-state index contributed by atoms with van der Waals surface area (Å²) in [5, 5.41) is 17.9. The number of carboxylic acids is 1. The van der Waals surface area contributed by atoms with Gasteiger partial charge in [0.05, 0.1) is 25.3 Å². The Morgan fingerprint density at radius 3 is 2.29 bits per heavy atom. The van der Waals surface area contributed by atoms with Gasteiger partial charge in [0.15, 0.2) is 29.7 Å². The van der Waals surface area contributed by atoms with Crippen molar-refractivity contribution in [2.45, 2.75) is 60.0 Å². The van der Waals surface area contributed by atoms with E-state index < -0.39 is 23.8 Å². The number of carbonyl (C=O) groups is 3. The van der Waals surface area contributed by atoms with Crippen molar-refractivity contribution in [2.24, 2.45) is 0 Å². The number of nitrogens with one attached hydrogen (secondary N) is 1. The molecule has 0 saturated heterocycles. The number of ether oxygens (including phenoxy) is 3. The van der Waals surface area contributed by atoms with Crippen molar-refractivity contribution >= 4 is 23.5 Å². The van der Waals surface area contributed by atoms with Crippen molar-refractivity contribution in [3.05, 3.63) is 51.8 Å². The summed E-state index contributed by atoms with van der Waals surface area (Å²) < 4.78 is 32.2. The lowest BCUT2D eigenvalue weighted by molar-refractivity contribution is -0.139. The molecule has 0 aliphatic carbocycles. The molecule has 2 aromatic rings. The quantitative estimate of drug-likeness (QED) is 0.359. The highest BCUT2D eigenvalue weighted by Crippen LogP contribution is 2.40. The molecule has 0 saturated carbocycles. The zero-order valence-corrected chi connectivity index (χ0v) is 24.6. The predicted molar refractivity (Wildman–Crippen MR) is 151 cm³/mol. The second kappa shape index (κ2) is 12.6. The first-order valence-electron chi connectivity index (χ1n) is 13.4. The van der Waals surface area contributed by atoms with Gasteiger partial charge >= 0.3 is 5.97 Å². The first kappa shape index (κ1) is 31.4. The summed E-state index contributed by atoms with van der Waals surface area (Å²) in [4.78, 5) is 39.9. The molecule has 1 aliphatic heterocycles. The van der Waals surface area contributed by atoms with E-state index in [1.165, 1.54) is 16.7 Å². The van der Waals surface area contributed by atoms with Crippen molar-refractivity contribution in [1.29, 1.82) is 5.41 Å². The van der Waals surface area contributed by atoms with Crippen LogP contribution in [0.15, 0.2) is 18.2 Å². The SMILES string of the molecule is CCOc1cc2c(c(F)c1OCC)C(=N)N(CC(=O)c1cc(CN(C)C(C)=O)c(OCC(=O)O)c(C(C)(C)C)c1)C2. The van der Waals surface area contributed by atoms with Crippen LogP contribution in [0.4, 0.5) is 4.39 Å². The van der Waals surface area contributed by atoms with Crippen molar-refractivity contribution < 1.29 is 38.1 Å². The van der Waals surface area contributed by atoms with Crippen LogP contribution in [0, 0.1) is 11.2 Å². The van der Waals surface area contributed by atoms with Gasteiger partial charge < -0.3 is 29.1 Å². The number of nitrogens with zero attached hydrogens (tertiary/aromatic N) is 2. The molecule has 0 unspecified atom stereocenters. The summed E-state index contributed by atoms with van der Waals surface area (Å²) in [5.41, 5.74) is 1.43. The molecule has 0 atom stereocenters. The summed E-state index contributed by atoms with van der Waals surface area (Å²) in [6.07, 6.45) is 0. The number of carboxylic acid groups (broad SMARTS) is 1. The highest BCUT2D eigenvalue weighted by atomic mass is 19.1. The van der Waals surface area contributed by atoms with Gasteiger partial charge in [-0.15, -0.1) is 0 Å². The van der Waals surface area contributed by atoms with Crippen molar-refractivity contribution in [3.63, 3.8) is 0 Å². The maximum Gasteiger partial charge on any atom is 0.341 e. The standard InChI is InChI=1S/C30H38FN3O7/c1-8-39-23-12-19-14-34(29(32)25(19)26(31)28(23)40-9-2)15-22(36)18-10-20(13-33(7)17(3)35)27(41-16-24(37)38)21(11-18)30(4,5)6/h10-12,32H,8-9,13-16H2,1-7H3,(H,37,38). The Morgan fingerprint density at radius 2 is 1.73 bits per heavy atom. The molecule has 2 aromatic carbocycles. The van der Waals surface area contributed by atoms with E-state index in [9.17, 15) is 19.5 Å². The first-order valence-corrected chi connectivity index (χ1v) is 13.4. The topological polar surface area (TPSA) is 129 Å². The number of Topliss-reactive ketones (excluding diaryl/α,β-unsaturated/α-hetero) is 1. The van der Waals surface area contributed by atoms with Crippen LogP contribution in [0.2, 0.25) is 0 Å². The van der Waals surface area contributed by atoms with Gasteiger partial charge in [0.2, 0.25) is 5.91 Å². The van der Waals surface area contributed by atoms with E-state index in [1.807, 2.05) is 20.8 Å². The number of amides is 1. The maximum atomic E-state index is 15.5. The number of aliphatic carboxylic acids is 1. The lowest BCUT2D eigenvalue weighted by Crippen LogP contribution is -2.31. The second-order valence-electron chi connectivity index (χ2n) is 10.9. The van der Waals surface area contributed by atoms with E-state index in [2.05, 4.69) is 0 Å². The van der Waals surface area contributed by atoms with E-state index in [0.717, 1.165) is 0 Å². The third-order valence-corrected chi connectivity index (χ3v) is 6.69. The van der Waals surface area contributed by atoms with Crippen LogP contribution in [0.5, 0.6) is 17.2 Å². The summed E-state index contributed by atoms with van der Waals surface area (Å²) in [6.45, 7) is 10.6. The monoisotopic (exact) mass is 571 g/mol. The molecule has 1 amide bonds. The number of fused-ring (bicyclic) bond motifs is 1. The average molecular weight is 572 g/mol. The lowest BCUT2D eigenvalue weighted by atomic mass is 9.83. The molecule has 0 radical (unpaired) electrons. The summed E-state index contributed by atoms with van der Waals surface area (Å²) in [6, 6.07) is 4.89. The third-order valence-electron chi connectivity index (χ3n) is 6.69. The Morgan fingerprint density at radius 1 is 1.07 bits per heavy atom. The van der Waals surface area contributed by atoms with Crippen LogP contribution in [0.3, 0.4) is 0 Å². The molecule has 3 rings (SSSR count). The van der Waals surface area contributed by atoms with Gasteiger partial charge in [-0.25, -0.2) is 9.18 Å². The first-order chi connectivity index (χ1) is 19.2. The highest BCUT2D eigenvalue weighted by Gasteiger charge is 2.34. The van der Waals surface area contributed by atoms with Gasteiger partial charge in [-0.05, 0) is 43.0 Å². The fraction of sp³-hybridized carbons (Fsp3) is 0.467. The van der Waals surface area contributed by atoms with Gasteiger partial charge in [-0.3, -0.25) is 15.0 Å². The molecule has 0 bridgehead atoms.